The van der Waals surface area contributed by atoms with E-state index in [1.165, 1.54) is 0 Å². The maximum atomic E-state index is 12.1. The predicted octanol–water partition coefficient (Wildman–Crippen LogP) is 3.31. The Morgan fingerprint density at radius 2 is 1.74 bits per heavy atom. The van der Waals surface area contributed by atoms with Crippen LogP contribution in [0.1, 0.15) is 27.3 Å². The van der Waals surface area contributed by atoms with Crippen molar-refractivity contribution in [1.29, 1.82) is 0 Å². The first kappa shape index (κ1) is 13.5. The van der Waals surface area contributed by atoms with E-state index in [9.17, 15) is 4.79 Å². The van der Waals surface area contributed by atoms with Gasteiger partial charge in [0.25, 0.3) is 5.91 Å². The van der Waals surface area contributed by atoms with Crippen LogP contribution in [-0.4, -0.2) is 15.9 Å². The number of hydrogen-bond acceptors (Lipinski definition) is 3. The summed E-state index contributed by atoms with van der Waals surface area (Å²) in [6.07, 6.45) is 0. The van der Waals surface area contributed by atoms with E-state index >= 15 is 0 Å². The Hall–Kier alpha value is -1.94. The molecule has 0 aliphatic heterocycles. The Morgan fingerprint density at radius 1 is 1.11 bits per heavy atom. The summed E-state index contributed by atoms with van der Waals surface area (Å²) in [5, 5.41) is 3.07. The third-order valence-electron chi connectivity index (χ3n) is 2.58. The fourth-order valence-electron chi connectivity index (χ4n) is 1.76. The summed E-state index contributed by atoms with van der Waals surface area (Å²) in [6, 6.07) is 7.12. The van der Waals surface area contributed by atoms with E-state index in [2.05, 4.69) is 15.3 Å². The number of hydrogen-bond donors (Lipinski definition) is 1. The van der Waals surface area contributed by atoms with E-state index in [0.717, 1.165) is 17.0 Å². The highest BCUT2D eigenvalue weighted by Crippen LogP contribution is 2.18. The number of amides is 1. The minimum Gasteiger partial charge on any atom is -0.290 e. The molecule has 98 valence electrons. The van der Waals surface area contributed by atoms with Gasteiger partial charge in [-0.1, -0.05) is 17.7 Å². The normalized spacial score (nSPS) is 10.3. The summed E-state index contributed by atoms with van der Waals surface area (Å²) in [6.45, 7) is 5.62. The molecule has 2 aromatic rings. The standard InChI is InChI=1S/C14H14ClN3O/c1-8-4-5-11(12(15)6-8)13(19)18-14-16-9(2)7-10(3)17-14/h4-7H,1-3H3,(H,16,17,18,19). The molecule has 0 fully saturated rings. The Bertz CT molecular complexity index is 620. The highest BCUT2D eigenvalue weighted by Gasteiger charge is 2.12. The first-order chi connectivity index (χ1) is 8.95. The highest BCUT2D eigenvalue weighted by molar-refractivity contribution is 6.34. The Kier molecular flexibility index (Phi) is 3.81. The van der Waals surface area contributed by atoms with E-state index in [0.29, 0.717) is 16.5 Å². The van der Waals surface area contributed by atoms with Crippen molar-refractivity contribution in [3.05, 3.63) is 51.8 Å². The van der Waals surface area contributed by atoms with Crippen LogP contribution in [-0.2, 0) is 0 Å². The first-order valence-corrected chi connectivity index (χ1v) is 6.23. The van der Waals surface area contributed by atoms with Gasteiger partial charge in [0.2, 0.25) is 5.95 Å². The Labute approximate surface area is 116 Å². The number of anilines is 1. The summed E-state index contributed by atoms with van der Waals surface area (Å²) >= 11 is 6.05. The van der Waals surface area contributed by atoms with Crippen LogP contribution in [0.15, 0.2) is 24.3 Å². The minimum atomic E-state index is -0.310. The van der Waals surface area contributed by atoms with Crippen LogP contribution in [0.4, 0.5) is 5.95 Å². The zero-order valence-corrected chi connectivity index (χ0v) is 11.7. The Balaban J connectivity index is 2.25. The first-order valence-electron chi connectivity index (χ1n) is 5.85. The average molecular weight is 276 g/mol. The lowest BCUT2D eigenvalue weighted by Gasteiger charge is -2.07. The molecule has 0 unspecified atom stereocenters. The number of aryl methyl sites for hydroxylation is 3. The number of nitrogens with one attached hydrogen (secondary N) is 1. The summed E-state index contributed by atoms with van der Waals surface area (Å²) < 4.78 is 0. The van der Waals surface area contributed by atoms with Gasteiger partial charge in [0.15, 0.2) is 0 Å². The fraction of sp³-hybridized carbons (Fsp3) is 0.214. The van der Waals surface area contributed by atoms with Gasteiger partial charge in [-0.3, -0.25) is 10.1 Å². The maximum absolute atomic E-state index is 12.1. The molecule has 19 heavy (non-hydrogen) atoms. The monoisotopic (exact) mass is 275 g/mol. The molecule has 1 aromatic heterocycles. The zero-order chi connectivity index (χ0) is 14.0. The second-order valence-corrected chi connectivity index (χ2v) is 4.82. The molecule has 0 saturated heterocycles. The molecule has 4 nitrogen and oxygen atoms in total. The summed E-state index contributed by atoms with van der Waals surface area (Å²) in [5.74, 6) is -0.0193. The van der Waals surface area contributed by atoms with Gasteiger partial charge in [-0.25, -0.2) is 9.97 Å². The SMILES string of the molecule is Cc1ccc(C(=O)Nc2nc(C)cc(C)n2)c(Cl)c1. The number of nitrogens with zero attached hydrogens (tertiary/aromatic N) is 2. The molecule has 0 aliphatic rings. The highest BCUT2D eigenvalue weighted by atomic mass is 35.5. The largest absolute Gasteiger partial charge is 0.290 e. The smallest absolute Gasteiger partial charge is 0.259 e. The molecule has 1 aromatic carbocycles. The molecule has 0 aliphatic carbocycles. The van der Waals surface area contributed by atoms with Crippen molar-refractivity contribution in [2.75, 3.05) is 5.32 Å². The average Bonchev–Trinajstić information content (AvgIpc) is 2.26. The number of benzene rings is 1. The van der Waals surface area contributed by atoms with Crippen molar-refractivity contribution in [3.8, 4) is 0 Å². The molecule has 1 amide bonds. The number of rotatable bonds is 2. The van der Waals surface area contributed by atoms with Gasteiger partial charge < -0.3 is 0 Å². The van der Waals surface area contributed by atoms with Gasteiger partial charge in [0, 0.05) is 11.4 Å². The number of carbonyl (C=O) groups excluding carboxylic acids is 1. The molecule has 0 bridgehead atoms. The van der Waals surface area contributed by atoms with E-state index < -0.39 is 0 Å². The molecule has 1 heterocycles. The molecule has 0 saturated carbocycles. The van der Waals surface area contributed by atoms with Gasteiger partial charge in [-0.05, 0) is 44.5 Å². The van der Waals surface area contributed by atoms with Crippen LogP contribution in [0.3, 0.4) is 0 Å². The van der Waals surface area contributed by atoms with E-state index in [1.54, 1.807) is 12.1 Å². The predicted molar refractivity (Wildman–Crippen MR) is 75.6 cm³/mol. The summed E-state index contributed by atoms with van der Waals surface area (Å²) in [4.78, 5) is 20.4. The lowest BCUT2D eigenvalue weighted by Crippen LogP contribution is -2.15. The van der Waals surface area contributed by atoms with Crippen LogP contribution in [0, 0.1) is 20.8 Å². The quantitative estimate of drug-likeness (QED) is 0.915. The van der Waals surface area contributed by atoms with Crippen LogP contribution in [0.2, 0.25) is 5.02 Å². The van der Waals surface area contributed by atoms with Crippen LogP contribution < -0.4 is 5.32 Å². The molecule has 0 radical (unpaired) electrons. The minimum absolute atomic E-state index is 0.291. The third kappa shape index (κ3) is 3.29. The second kappa shape index (κ2) is 5.36. The van der Waals surface area contributed by atoms with E-state index in [-0.39, 0.29) is 5.91 Å². The summed E-state index contributed by atoms with van der Waals surface area (Å²) in [7, 11) is 0. The van der Waals surface area contributed by atoms with Crippen LogP contribution >= 0.6 is 11.6 Å². The van der Waals surface area contributed by atoms with E-state index in [4.69, 9.17) is 11.6 Å². The molecular weight excluding hydrogens is 262 g/mol. The van der Waals surface area contributed by atoms with Gasteiger partial charge >= 0.3 is 0 Å². The summed E-state index contributed by atoms with van der Waals surface area (Å²) in [5.41, 5.74) is 3.02. The van der Waals surface area contributed by atoms with Crippen LogP contribution in [0.25, 0.3) is 0 Å². The van der Waals surface area contributed by atoms with Crippen LogP contribution in [0.5, 0.6) is 0 Å². The van der Waals surface area contributed by atoms with Gasteiger partial charge in [-0.2, -0.15) is 0 Å². The second-order valence-electron chi connectivity index (χ2n) is 4.41. The van der Waals surface area contributed by atoms with Crippen molar-refractivity contribution in [1.82, 2.24) is 9.97 Å². The Morgan fingerprint density at radius 3 is 2.32 bits per heavy atom. The van der Waals surface area contributed by atoms with Gasteiger partial charge in [-0.15, -0.1) is 0 Å². The maximum Gasteiger partial charge on any atom is 0.259 e. The number of halogens is 1. The van der Waals surface area contributed by atoms with Crippen molar-refractivity contribution in [2.45, 2.75) is 20.8 Å². The molecule has 1 N–H and O–H groups in total. The zero-order valence-electron chi connectivity index (χ0n) is 11.0. The van der Waals surface area contributed by atoms with Gasteiger partial charge in [0.05, 0.1) is 10.6 Å². The fourth-order valence-corrected chi connectivity index (χ4v) is 2.08. The molecular formula is C14H14ClN3O. The molecule has 2 rings (SSSR count). The van der Waals surface area contributed by atoms with Crippen molar-refractivity contribution in [3.63, 3.8) is 0 Å². The number of carbonyl (C=O) groups is 1. The van der Waals surface area contributed by atoms with Gasteiger partial charge in [0.1, 0.15) is 0 Å². The lowest BCUT2D eigenvalue weighted by molar-refractivity contribution is 0.102. The topological polar surface area (TPSA) is 54.9 Å². The van der Waals surface area contributed by atoms with E-state index in [1.807, 2.05) is 32.9 Å². The molecule has 0 spiro atoms. The molecule has 0 atom stereocenters. The van der Waals surface area contributed by atoms with Crippen molar-refractivity contribution in [2.24, 2.45) is 0 Å². The van der Waals surface area contributed by atoms with Crippen molar-refractivity contribution < 1.29 is 4.79 Å². The lowest BCUT2D eigenvalue weighted by atomic mass is 10.1. The third-order valence-corrected chi connectivity index (χ3v) is 2.89. The molecule has 5 heteroatoms. The number of aromatic nitrogens is 2. The van der Waals surface area contributed by atoms with Crippen molar-refractivity contribution >= 4 is 23.5 Å².